The Labute approximate surface area is 168 Å². The molecule has 26 heavy (non-hydrogen) atoms. The number of amides is 1. The summed E-state index contributed by atoms with van der Waals surface area (Å²) in [6.07, 6.45) is 3.63. The second kappa shape index (κ2) is 8.71. The van der Waals surface area contributed by atoms with Crippen molar-refractivity contribution in [3.05, 3.63) is 58.1 Å². The lowest BCUT2D eigenvalue weighted by Crippen LogP contribution is -2.35. The number of benzene rings is 2. The number of hydrogen-bond acceptors (Lipinski definition) is 3. The molecule has 1 aliphatic heterocycles. The van der Waals surface area contributed by atoms with Gasteiger partial charge in [0.05, 0.1) is 22.0 Å². The first-order chi connectivity index (χ1) is 12.5. The lowest BCUT2D eigenvalue weighted by Gasteiger charge is -2.30. The first kappa shape index (κ1) is 19.0. The third-order valence-corrected chi connectivity index (χ3v) is 5.02. The van der Waals surface area contributed by atoms with Crippen LogP contribution in [0.2, 0.25) is 10.0 Å². The highest BCUT2D eigenvalue weighted by atomic mass is 35.5. The average molecular weight is 408 g/mol. The molecule has 1 fully saturated rings. The van der Waals surface area contributed by atoms with Gasteiger partial charge in [-0.2, -0.15) is 0 Å². The van der Waals surface area contributed by atoms with Crippen LogP contribution in [0.15, 0.2) is 42.5 Å². The Morgan fingerprint density at radius 1 is 1.04 bits per heavy atom. The van der Waals surface area contributed by atoms with Gasteiger partial charge in [0.15, 0.2) is 5.11 Å². The molecule has 4 nitrogen and oxygen atoms in total. The van der Waals surface area contributed by atoms with Crippen LogP contribution in [-0.4, -0.2) is 24.1 Å². The van der Waals surface area contributed by atoms with E-state index in [1.54, 1.807) is 12.1 Å². The molecule has 1 amide bonds. The molecular formula is C19H19Cl2N3OS. The number of anilines is 2. The molecule has 0 aromatic heterocycles. The van der Waals surface area contributed by atoms with E-state index in [2.05, 4.69) is 21.6 Å². The lowest BCUT2D eigenvalue weighted by atomic mass is 10.1. The Bertz CT molecular complexity index is 822. The molecule has 0 spiro atoms. The van der Waals surface area contributed by atoms with Crippen molar-refractivity contribution in [1.82, 2.24) is 5.32 Å². The Morgan fingerprint density at radius 2 is 1.77 bits per heavy atom. The minimum atomic E-state index is -0.398. The summed E-state index contributed by atoms with van der Waals surface area (Å²) in [4.78, 5) is 14.8. The normalized spacial score (nSPS) is 14.0. The fraction of sp³-hybridized carbons (Fsp3) is 0.263. The number of halogens is 2. The van der Waals surface area contributed by atoms with Gasteiger partial charge < -0.3 is 10.2 Å². The van der Waals surface area contributed by atoms with Gasteiger partial charge in [-0.05, 0) is 61.8 Å². The third-order valence-electron chi connectivity index (χ3n) is 4.25. The SMILES string of the molecule is O=C(NC(=S)Nc1ccccc1N1CCCCC1)c1cc(Cl)ccc1Cl. The van der Waals surface area contributed by atoms with Crippen molar-refractivity contribution in [1.29, 1.82) is 0 Å². The summed E-state index contributed by atoms with van der Waals surface area (Å²) >= 11 is 17.3. The van der Waals surface area contributed by atoms with Crippen molar-refractivity contribution in [3.63, 3.8) is 0 Å². The highest BCUT2D eigenvalue weighted by Gasteiger charge is 2.16. The minimum absolute atomic E-state index is 0.218. The molecule has 0 unspecified atom stereocenters. The number of carbonyl (C=O) groups is 1. The topological polar surface area (TPSA) is 44.4 Å². The van der Waals surface area contributed by atoms with E-state index in [4.69, 9.17) is 35.4 Å². The van der Waals surface area contributed by atoms with Gasteiger partial charge in [-0.25, -0.2) is 0 Å². The van der Waals surface area contributed by atoms with E-state index in [0.29, 0.717) is 10.0 Å². The maximum atomic E-state index is 12.4. The predicted octanol–water partition coefficient (Wildman–Crippen LogP) is 5.11. The first-order valence-corrected chi connectivity index (χ1v) is 9.62. The molecule has 0 radical (unpaired) electrons. The van der Waals surface area contributed by atoms with Gasteiger partial charge in [0.25, 0.3) is 5.91 Å². The molecule has 1 saturated heterocycles. The smallest absolute Gasteiger partial charge is 0.258 e. The number of piperidine rings is 1. The molecule has 0 bridgehead atoms. The van der Waals surface area contributed by atoms with Gasteiger partial charge in [0.1, 0.15) is 0 Å². The summed E-state index contributed by atoms with van der Waals surface area (Å²) in [5.41, 5.74) is 2.24. The molecule has 1 aliphatic rings. The van der Waals surface area contributed by atoms with Gasteiger partial charge in [-0.1, -0.05) is 35.3 Å². The molecule has 0 saturated carbocycles. The van der Waals surface area contributed by atoms with Crippen molar-refractivity contribution in [2.75, 3.05) is 23.3 Å². The predicted molar refractivity (Wildman–Crippen MR) is 113 cm³/mol. The van der Waals surface area contributed by atoms with Gasteiger partial charge in [0.2, 0.25) is 0 Å². The fourth-order valence-electron chi connectivity index (χ4n) is 2.99. The van der Waals surface area contributed by atoms with Crippen LogP contribution in [0.25, 0.3) is 0 Å². The van der Waals surface area contributed by atoms with Crippen molar-refractivity contribution in [2.24, 2.45) is 0 Å². The molecule has 0 atom stereocenters. The largest absolute Gasteiger partial charge is 0.370 e. The fourth-order valence-corrected chi connectivity index (χ4v) is 3.56. The summed E-state index contributed by atoms with van der Waals surface area (Å²) in [6.45, 7) is 2.05. The molecule has 7 heteroatoms. The molecule has 3 rings (SSSR count). The number of hydrogen-bond donors (Lipinski definition) is 2. The van der Waals surface area contributed by atoms with Crippen LogP contribution in [0.4, 0.5) is 11.4 Å². The molecule has 2 aromatic rings. The van der Waals surface area contributed by atoms with Gasteiger partial charge >= 0.3 is 0 Å². The van der Waals surface area contributed by atoms with E-state index in [0.717, 1.165) is 24.5 Å². The number of nitrogens with zero attached hydrogens (tertiary/aromatic N) is 1. The standard InChI is InChI=1S/C19H19Cl2N3OS/c20-13-8-9-15(21)14(12-13)18(25)23-19(26)22-16-6-2-3-7-17(16)24-10-4-1-5-11-24/h2-3,6-9,12H,1,4-5,10-11H2,(H2,22,23,25,26). The van der Waals surface area contributed by atoms with Crippen LogP contribution >= 0.6 is 35.4 Å². The number of para-hydroxylation sites is 2. The highest BCUT2D eigenvalue weighted by Crippen LogP contribution is 2.28. The molecule has 0 aliphatic carbocycles. The molecule has 136 valence electrons. The van der Waals surface area contributed by atoms with Crippen molar-refractivity contribution >= 4 is 57.8 Å². The number of thiocarbonyl (C=S) groups is 1. The maximum Gasteiger partial charge on any atom is 0.258 e. The Morgan fingerprint density at radius 3 is 2.54 bits per heavy atom. The quantitative estimate of drug-likeness (QED) is 0.693. The summed E-state index contributed by atoms with van der Waals surface area (Å²) < 4.78 is 0. The van der Waals surface area contributed by atoms with Crippen molar-refractivity contribution in [3.8, 4) is 0 Å². The Balaban J connectivity index is 1.70. The molecule has 2 aromatic carbocycles. The average Bonchev–Trinajstić information content (AvgIpc) is 2.64. The number of nitrogens with one attached hydrogen (secondary N) is 2. The van der Waals surface area contributed by atoms with E-state index in [1.165, 1.54) is 25.3 Å². The summed E-state index contributed by atoms with van der Waals surface area (Å²) in [5.74, 6) is -0.398. The highest BCUT2D eigenvalue weighted by molar-refractivity contribution is 7.80. The zero-order valence-corrected chi connectivity index (χ0v) is 16.4. The van der Waals surface area contributed by atoms with Gasteiger partial charge in [-0.15, -0.1) is 0 Å². The van der Waals surface area contributed by atoms with E-state index in [1.807, 2.05) is 18.2 Å². The second-order valence-electron chi connectivity index (χ2n) is 6.10. The minimum Gasteiger partial charge on any atom is -0.370 e. The lowest BCUT2D eigenvalue weighted by molar-refractivity contribution is 0.0978. The van der Waals surface area contributed by atoms with E-state index in [9.17, 15) is 4.79 Å². The van der Waals surface area contributed by atoms with E-state index >= 15 is 0 Å². The number of rotatable bonds is 3. The molecule has 1 heterocycles. The maximum absolute atomic E-state index is 12.4. The summed E-state index contributed by atoms with van der Waals surface area (Å²) in [5, 5.41) is 6.77. The summed E-state index contributed by atoms with van der Waals surface area (Å²) in [6, 6.07) is 12.7. The summed E-state index contributed by atoms with van der Waals surface area (Å²) in [7, 11) is 0. The van der Waals surface area contributed by atoms with E-state index in [-0.39, 0.29) is 10.7 Å². The molecule has 2 N–H and O–H groups in total. The van der Waals surface area contributed by atoms with Crippen LogP contribution in [0.3, 0.4) is 0 Å². The van der Waals surface area contributed by atoms with E-state index < -0.39 is 5.91 Å². The zero-order valence-electron chi connectivity index (χ0n) is 14.1. The van der Waals surface area contributed by atoms with Gasteiger partial charge in [0, 0.05) is 18.1 Å². The van der Waals surface area contributed by atoms with Gasteiger partial charge in [-0.3, -0.25) is 10.1 Å². The third kappa shape index (κ3) is 4.67. The van der Waals surface area contributed by atoms with Crippen molar-refractivity contribution < 1.29 is 4.79 Å². The van der Waals surface area contributed by atoms with Crippen LogP contribution in [0.5, 0.6) is 0 Å². The van der Waals surface area contributed by atoms with Crippen molar-refractivity contribution in [2.45, 2.75) is 19.3 Å². The van der Waals surface area contributed by atoms with Crippen LogP contribution in [-0.2, 0) is 0 Å². The monoisotopic (exact) mass is 407 g/mol. The Hall–Kier alpha value is -1.82. The second-order valence-corrected chi connectivity index (χ2v) is 7.35. The van der Waals surface area contributed by atoms with Crippen LogP contribution in [0, 0.1) is 0 Å². The van der Waals surface area contributed by atoms with Crippen LogP contribution < -0.4 is 15.5 Å². The van der Waals surface area contributed by atoms with Crippen LogP contribution in [0.1, 0.15) is 29.6 Å². The number of carbonyl (C=O) groups excluding carboxylic acids is 1. The molecular weight excluding hydrogens is 389 g/mol. The Kier molecular flexibility index (Phi) is 6.35. The first-order valence-electron chi connectivity index (χ1n) is 8.46. The zero-order chi connectivity index (χ0) is 18.5.